The number of amides is 1. The molecule has 8 nitrogen and oxygen atoms in total. The number of ether oxygens (including phenoxy) is 3. The Morgan fingerprint density at radius 2 is 1.75 bits per heavy atom. The molecule has 1 N–H and O–H groups in total. The van der Waals surface area contributed by atoms with Gasteiger partial charge in [-0.2, -0.15) is 0 Å². The lowest BCUT2D eigenvalue weighted by Gasteiger charge is -2.27. The lowest BCUT2D eigenvalue weighted by atomic mass is 10.0. The van der Waals surface area contributed by atoms with Gasteiger partial charge < -0.3 is 19.5 Å². The summed E-state index contributed by atoms with van der Waals surface area (Å²) < 4.78 is 44.9. The van der Waals surface area contributed by atoms with Crippen molar-refractivity contribution >= 4 is 21.6 Å². The molecule has 9 heteroatoms. The van der Waals surface area contributed by atoms with Gasteiger partial charge >= 0.3 is 0 Å². The summed E-state index contributed by atoms with van der Waals surface area (Å²) in [6.07, 6.45) is 0.632. The smallest absolute Gasteiger partial charge is 0.264 e. The summed E-state index contributed by atoms with van der Waals surface area (Å²) in [4.78, 5) is 13.3. The van der Waals surface area contributed by atoms with Gasteiger partial charge in [0.2, 0.25) is 5.91 Å². The number of nitrogens with zero attached hydrogens (tertiary/aromatic N) is 1. The van der Waals surface area contributed by atoms with E-state index in [-0.39, 0.29) is 10.9 Å². The number of anilines is 1. The number of hydrogen-bond donors (Lipinski definition) is 1. The predicted molar refractivity (Wildman–Crippen MR) is 137 cm³/mol. The fraction of sp³-hybridized carbons (Fsp3) is 0.296. The molecular weight excluding hydrogens is 480 g/mol. The highest BCUT2D eigenvalue weighted by Crippen LogP contribution is 2.35. The van der Waals surface area contributed by atoms with Crippen molar-refractivity contribution in [1.29, 1.82) is 0 Å². The largest absolute Gasteiger partial charge is 0.496 e. The fourth-order valence-corrected chi connectivity index (χ4v) is 5.57. The van der Waals surface area contributed by atoms with Crippen LogP contribution in [0.5, 0.6) is 17.2 Å². The molecule has 0 unspecified atom stereocenters. The van der Waals surface area contributed by atoms with Gasteiger partial charge in [-0.1, -0.05) is 37.3 Å². The van der Waals surface area contributed by atoms with Gasteiger partial charge in [-0.15, -0.1) is 0 Å². The third-order valence-corrected chi connectivity index (χ3v) is 7.78. The zero-order valence-electron chi connectivity index (χ0n) is 20.6. The van der Waals surface area contributed by atoms with Crippen LogP contribution in [0.1, 0.15) is 30.5 Å². The first-order valence-corrected chi connectivity index (χ1v) is 13.2. The zero-order chi connectivity index (χ0) is 25.7. The van der Waals surface area contributed by atoms with E-state index in [2.05, 4.69) is 5.32 Å². The van der Waals surface area contributed by atoms with Crippen LogP contribution in [0.2, 0.25) is 0 Å². The van der Waals surface area contributed by atoms with Crippen molar-refractivity contribution in [2.24, 2.45) is 0 Å². The van der Waals surface area contributed by atoms with Crippen LogP contribution in [0.15, 0.2) is 71.6 Å². The van der Waals surface area contributed by atoms with E-state index in [0.717, 1.165) is 21.2 Å². The normalized spacial score (nSPS) is 13.5. The number of carbonyl (C=O) groups is 1. The third kappa shape index (κ3) is 5.41. The van der Waals surface area contributed by atoms with Gasteiger partial charge in [-0.05, 0) is 54.8 Å². The number of nitrogens with one attached hydrogen (secondary N) is 1. The molecule has 0 aromatic heterocycles. The first-order chi connectivity index (χ1) is 17.3. The number of carbonyl (C=O) groups excluding carboxylic acids is 1. The summed E-state index contributed by atoms with van der Waals surface area (Å²) in [6, 6.07) is 18.4. The average Bonchev–Trinajstić information content (AvgIpc) is 2.90. The monoisotopic (exact) mass is 510 g/mol. The maximum Gasteiger partial charge on any atom is 0.264 e. The first-order valence-electron chi connectivity index (χ1n) is 11.7. The lowest BCUT2D eigenvalue weighted by Crippen LogP contribution is -2.42. The minimum atomic E-state index is -4.04. The Labute approximate surface area is 211 Å². The van der Waals surface area contributed by atoms with Crippen molar-refractivity contribution in [2.75, 3.05) is 31.2 Å². The highest BCUT2D eigenvalue weighted by molar-refractivity contribution is 7.92. The summed E-state index contributed by atoms with van der Waals surface area (Å²) in [7, 11) is -2.43. The van der Waals surface area contributed by atoms with Gasteiger partial charge in [0.05, 0.1) is 23.7 Å². The molecule has 1 aliphatic heterocycles. The number of hydrogen-bond acceptors (Lipinski definition) is 6. The summed E-state index contributed by atoms with van der Waals surface area (Å²) in [5.74, 6) is 1.31. The molecule has 0 aliphatic carbocycles. The Balaban J connectivity index is 1.63. The van der Waals surface area contributed by atoms with Gasteiger partial charge in [-0.25, -0.2) is 8.42 Å². The number of fused-ring (bicyclic) bond motifs is 1. The van der Waals surface area contributed by atoms with Crippen LogP contribution in [0, 0.1) is 6.92 Å². The van der Waals surface area contributed by atoms with Crippen LogP contribution in [0.25, 0.3) is 0 Å². The minimum Gasteiger partial charge on any atom is -0.496 e. The van der Waals surface area contributed by atoms with Crippen molar-refractivity contribution in [2.45, 2.75) is 31.2 Å². The van der Waals surface area contributed by atoms with Gasteiger partial charge in [0.25, 0.3) is 10.0 Å². The van der Waals surface area contributed by atoms with E-state index in [1.807, 2.05) is 32.0 Å². The van der Waals surface area contributed by atoms with E-state index in [1.54, 1.807) is 43.5 Å². The van der Waals surface area contributed by atoms with Crippen LogP contribution in [-0.4, -0.2) is 41.2 Å². The van der Waals surface area contributed by atoms with Gasteiger partial charge in [0.1, 0.15) is 25.5 Å². The molecule has 3 aromatic carbocycles. The van der Waals surface area contributed by atoms with Crippen LogP contribution >= 0.6 is 0 Å². The van der Waals surface area contributed by atoms with E-state index in [4.69, 9.17) is 14.2 Å². The fourth-order valence-electron chi connectivity index (χ4n) is 4.13. The lowest BCUT2D eigenvalue weighted by molar-refractivity contribution is -0.120. The highest BCUT2D eigenvalue weighted by atomic mass is 32.2. The van der Waals surface area contributed by atoms with E-state index < -0.39 is 22.5 Å². The van der Waals surface area contributed by atoms with Crippen LogP contribution in [0.4, 0.5) is 5.69 Å². The quantitative estimate of drug-likeness (QED) is 0.463. The van der Waals surface area contributed by atoms with Crippen molar-refractivity contribution in [1.82, 2.24) is 5.32 Å². The van der Waals surface area contributed by atoms with Gasteiger partial charge in [0, 0.05) is 6.07 Å². The van der Waals surface area contributed by atoms with E-state index in [0.29, 0.717) is 36.8 Å². The predicted octanol–water partition coefficient (Wildman–Crippen LogP) is 4.24. The number of sulfonamides is 1. The Morgan fingerprint density at radius 1 is 1.03 bits per heavy atom. The summed E-state index contributed by atoms with van der Waals surface area (Å²) in [5, 5.41) is 2.99. The second-order valence-corrected chi connectivity index (χ2v) is 10.3. The molecule has 36 heavy (non-hydrogen) atoms. The molecule has 1 aliphatic rings. The molecule has 0 saturated heterocycles. The summed E-state index contributed by atoms with van der Waals surface area (Å²) in [6.45, 7) is 4.28. The number of benzene rings is 3. The Kier molecular flexibility index (Phi) is 7.69. The Hall–Kier alpha value is -3.72. The van der Waals surface area contributed by atoms with Crippen LogP contribution < -0.4 is 23.8 Å². The molecule has 0 radical (unpaired) electrons. The van der Waals surface area contributed by atoms with Crippen LogP contribution in [0.3, 0.4) is 0 Å². The Morgan fingerprint density at radius 3 is 2.42 bits per heavy atom. The summed E-state index contributed by atoms with van der Waals surface area (Å²) >= 11 is 0. The molecule has 0 fully saturated rings. The molecule has 0 saturated carbocycles. The zero-order valence-corrected chi connectivity index (χ0v) is 21.4. The maximum atomic E-state index is 13.6. The standard InChI is InChI=1S/C27H30N2O6S/c1-4-23(20-10-12-24(33-3)19(2)16-20)28-27(30)18-29(36(31,32)22-8-6-5-7-9-22)21-11-13-25-26(17-21)35-15-14-34-25/h5-13,16-17,23H,4,14-15,18H2,1-3H3,(H,28,30)/t23-/m1/s1. The Bertz CT molecular complexity index is 1330. The van der Waals surface area contributed by atoms with Crippen LogP contribution in [-0.2, 0) is 14.8 Å². The molecule has 1 amide bonds. The average molecular weight is 511 g/mol. The molecule has 1 atom stereocenters. The molecule has 4 rings (SSSR count). The van der Waals surface area contributed by atoms with E-state index in [1.165, 1.54) is 12.1 Å². The second-order valence-electron chi connectivity index (χ2n) is 8.41. The van der Waals surface area contributed by atoms with Gasteiger partial charge in [0.15, 0.2) is 11.5 Å². The van der Waals surface area contributed by atoms with Gasteiger partial charge in [-0.3, -0.25) is 9.10 Å². The topological polar surface area (TPSA) is 94.2 Å². The SMILES string of the molecule is CC[C@@H](NC(=O)CN(c1ccc2c(c1)OCCO2)S(=O)(=O)c1ccccc1)c1ccc(OC)c(C)c1. The van der Waals surface area contributed by atoms with Crippen molar-refractivity contribution in [3.63, 3.8) is 0 Å². The minimum absolute atomic E-state index is 0.0884. The number of rotatable bonds is 9. The maximum absolute atomic E-state index is 13.6. The molecule has 0 spiro atoms. The first kappa shape index (κ1) is 25.4. The molecule has 190 valence electrons. The molecular formula is C27H30N2O6S. The third-order valence-electron chi connectivity index (χ3n) is 6.00. The van der Waals surface area contributed by atoms with E-state index >= 15 is 0 Å². The second kappa shape index (κ2) is 10.9. The molecule has 3 aromatic rings. The van der Waals surface area contributed by atoms with E-state index in [9.17, 15) is 13.2 Å². The number of methoxy groups -OCH3 is 1. The summed E-state index contributed by atoms with van der Waals surface area (Å²) in [5.41, 5.74) is 2.18. The molecule has 1 heterocycles. The highest BCUT2D eigenvalue weighted by Gasteiger charge is 2.29. The van der Waals surface area contributed by atoms with Crippen molar-refractivity contribution in [3.05, 3.63) is 77.9 Å². The van der Waals surface area contributed by atoms with Crippen molar-refractivity contribution < 1.29 is 27.4 Å². The van der Waals surface area contributed by atoms with Crippen molar-refractivity contribution in [3.8, 4) is 17.2 Å². The number of aryl methyl sites for hydroxylation is 1. The molecule has 0 bridgehead atoms.